The first kappa shape index (κ1) is 23.8. The summed E-state index contributed by atoms with van der Waals surface area (Å²) in [5.74, 6) is -1.66. The van der Waals surface area contributed by atoms with Gasteiger partial charge in [-0.2, -0.15) is 0 Å². The zero-order valence-electron chi connectivity index (χ0n) is 17.6. The van der Waals surface area contributed by atoms with Crippen molar-refractivity contribution in [3.63, 3.8) is 0 Å². The summed E-state index contributed by atoms with van der Waals surface area (Å²) in [7, 11) is 0. The first-order chi connectivity index (χ1) is 14.9. The fourth-order valence-corrected chi connectivity index (χ4v) is 4.36. The SMILES string of the molecule is CCc1ccc2c(c1)C(NCC(O)C(Cc1cc(F)cc(F)c1)NC(=O)CBr)CCC2. The summed E-state index contributed by atoms with van der Waals surface area (Å²) in [5.41, 5.74) is 4.26. The van der Waals surface area contributed by atoms with Crippen molar-refractivity contribution in [2.75, 3.05) is 11.9 Å². The van der Waals surface area contributed by atoms with Gasteiger partial charge in [-0.3, -0.25) is 4.79 Å². The number of aryl methyl sites for hydroxylation is 2. The molecule has 0 aromatic heterocycles. The zero-order chi connectivity index (χ0) is 22.4. The van der Waals surface area contributed by atoms with Crippen LogP contribution < -0.4 is 10.6 Å². The van der Waals surface area contributed by atoms with E-state index in [-0.39, 0.29) is 30.2 Å². The van der Waals surface area contributed by atoms with Crippen molar-refractivity contribution >= 4 is 21.8 Å². The molecule has 168 valence electrons. The highest BCUT2D eigenvalue weighted by Gasteiger charge is 2.25. The van der Waals surface area contributed by atoms with Crippen LogP contribution in [0, 0.1) is 11.6 Å². The van der Waals surface area contributed by atoms with Crippen LogP contribution in [0.3, 0.4) is 0 Å². The van der Waals surface area contributed by atoms with Crippen molar-refractivity contribution in [3.8, 4) is 0 Å². The molecule has 0 spiro atoms. The number of carbonyl (C=O) groups excluding carboxylic acids is 1. The minimum absolute atomic E-state index is 0.0803. The Morgan fingerprint density at radius 3 is 2.61 bits per heavy atom. The molecule has 4 nitrogen and oxygen atoms in total. The number of hydrogen-bond donors (Lipinski definition) is 3. The predicted molar refractivity (Wildman–Crippen MR) is 121 cm³/mol. The van der Waals surface area contributed by atoms with Gasteiger partial charge in [-0.25, -0.2) is 8.78 Å². The summed E-state index contributed by atoms with van der Waals surface area (Å²) < 4.78 is 27.2. The Balaban J connectivity index is 1.70. The van der Waals surface area contributed by atoms with Gasteiger partial charge in [-0.15, -0.1) is 0 Å². The first-order valence-corrected chi connectivity index (χ1v) is 11.8. The van der Waals surface area contributed by atoms with Gasteiger partial charge in [0.1, 0.15) is 11.6 Å². The van der Waals surface area contributed by atoms with Gasteiger partial charge >= 0.3 is 0 Å². The number of halogens is 3. The molecule has 0 bridgehead atoms. The first-order valence-electron chi connectivity index (χ1n) is 10.7. The monoisotopic (exact) mass is 494 g/mol. The molecule has 3 atom stereocenters. The fraction of sp³-hybridized carbons (Fsp3) is 0.458. The van der Waals surface area contributed by atoms with Crippen LogP contribution in [0.25, 0.3) is 0 Å². The van der Waals surface area contributed by atoms with Gasteiger partial charge in [0.2, 0.25) is 5.91 Å². The fourth-order valence-electron chi connectivity index (χ4n) is 4.20. The Morgan fingerprint density at radius 1 is 1.19 bits per heavy atom. The quantitative estimate of drug-likeness (QED) is 0.462. The van der Waals surface area contributed by atoms with E-state index in [2.05, 4.69) is 51.7 Å². The topological polar surface area (TPSA) is 61.4 Å². The van der Waals surface area contributed by atoms with E-state index in [9.17, 15) is 18.7 Å². The van der Waals surface area contributed by atoms with E-state index < -0.39 is 23.8 Å². The standard InChI is InChI=1S/C24H29BrF2N2O2/c1-2-15-6-7-17-4-3-5-21(20(17)10-15)28-14-23(30)22(29-24(31)13-25)11-16-8-18(26)12-19(27)9-16/h6-10,12,21-23,28,30H,2-5,11,13-14H2,1H3,(H,29,31). The van der Waals surface area contributed by atoms with Crippen LogP contribution in [0.4, 0.5) is 8.78 Å². The van der Waals surface area contributed by atoms with Crippen LogP contribution in [0.15, 0.2) is 36.4 Å². The number of aliphatic hydroxyl groups excluding tert-OH is 1. The molecule has 3 rings (SSSR count). The molecule has 1 aliphatic carbocycles. The van der Waals surface area contributed by atoms with Crippen LogP contribution in [0.5, 0.6) is 0 Å². The maximum atomic E-state index is 13.6. The molecule has 0 radical (unpaired) electrons. The van der Waals surface area contributed by atoms with Gasteiger partial charge in [-0.1, -0.05) is 41.1 Å². The van der Waals surface area contributed by atoms with Crippen molar-refractivity contribution in [1.82, 2.24) is 10.6 Å². The molecular formula is C24H29BrF2N2O2. The van der Waals surface area contributed by atoms with Crippen molar-refractivity contribution in [3.05, 3.63) is 70.3 Å². The molecular weight excluding hydrogens is 466 g/mol. The molecule has 0 saturated carbocycles. The van der Waals surface area contributed by atoms with Crippen LogP contribution in [0.1, 0.15) is 48.1 Å². The number of amides is 1. The number of hydrogen-bond acceptors (Lipinski definition) is 3. The third kappa shape index (κ3) is 6.57. The van der Waals surface area contributed by atoms with Crippen LogP contribution >= 0.6 is 15.9 Å². The lowest BCUT2D eigenvalue weighted by molar-refractivity contribution is -0.120. The van der Waals surface area contributed by atoms with Gasteiger partial charge < -0.3 is 15.7 Å². The average molecular weight is 495 g/mol. The van der Waals surface area contributed by atoms with Gasteiger partial charge in [0.15, 0.2) is 0 Å². The lowest BCUT2D eigenvalue weighted by Crippen LogP contribution is -2.49. The number of alkyl halides is 1. The molecule has 2 aromatic rings. The number of rotatable bonds is 9. The molecule has 0 aliphatic heterocycles. The third-order valence-corrected chi connectivity index (χ3v) is 6.33. The second-order valence-electron chi connectivity index (χ2n) is 8.10. The maximum absolute atomic E-state index is 13.6. The van der Waals surface area contributed by atoms with E-state index >= 15 is 0 Å². The summed E-state index contributed by atoms with van der Waals surface area (Å²) in [6, 6.07) is 9.29. The van der Waals surface area contributed by atoms with Crippen LogP contribution in [-0.2, 0) is 24.1 Å². The highest BCUT2D eigenvalue weighted by molar-refractivity contribution is 9.09. The highest BCUT2D eigenvalue weighted by Crippen LogP contribution is 2.30. The Morgan fingerprint density at radius 2 is 1.94 bits per heavy atom. The number of aliphatic hydroxyl groups is 1. The van der Waals surface area contributed by atoms with Gasteiger partial charge in [0, 0.05) is 18.7 Å². The summed E-state index contributed by atoms with van der Waals surface area (Å²) >= 11 is 3.10. The normalized spacial score (nSPS) is 17.6. The van der Waals surface area contributed by atoms with E-state index in [1.165, 1.54) is 28.8 Å². The van der Waals surface area contributed by atoms with Crippen LogP contribution in [0.2, 0.25) is 0 Å². The predicted octanol–water partition coefficient (Wildman–Crippen LogP) is 3.98. The molecule has 0 saturated heterocycles. The molecule has 31 heavy (non-hydrogen) atoms. The van der Waals surface area contributed by atoms with Gasteiger partial charge in [-0.05, 0) is 66.5 Å². The molecule has 0 heterocycles. The number of nitrogens with one attached hydrogen (secondary N) is 2. The third-order valence-electron chi connectivity index (χ3n) is 5.82. The number of fused-ring (bicyclic) bond motifs is 1. The van der Waals surface area contributed by atoms with Crippen molar-refractivity contribution < 1.29 is 18.7 Å². The molecule has 3 unspecified atom stereocenters. The molecule has 1 aliphatic rings. The van der Waals surface area contributed by atoms with Gasteiger partial charge in [0.25, 0.3) is 0 Å². The average Bonchev–Trinajstić information content (AvgIpc) is 2.75. The maximum Gasteiger partial charge on any atom is 0.230 e. The smallest absolute Gasteiger partial charge is 0.230 e. The van der Waals surface area contributed by atoms with Crippen molar-refractivity contribution in [1.29, 1.82) is 0 Å². The minimum Gasteiger partial charge on any atom is -0.390 e. The summed E-state index contributed by atoms with van der Waals surface area (Å²) in [4.78, 5) is 12.0. The van der Waals surface area contributed by atoms with Crippen LogP contribution in [-0.4, -0.2) is 35.0 Å². The minimum atomic E-state index is -0.922. The second-order valence-corrected chi connectivity index (χ2v) is 8.66. The molecule has 2 aromatic carbocycles. The summed E-state index contributed by atoms with van der Waals surface area (Å²) in [5, 5.41) is 17.1. The zero-order valence-corrected chi connectivity index (χ0v) is 19.2. The lowest BCUT2D eigenvalue weighted by Gasteiger charge is -2.30. The van der Waals surface area contributed by atoms with E-state index in [1.807, 2.05) is 0 Å². The van der Waals surface area contributed by atoms with Gasteiger partial charge in [0.05, 0.1) is 17.5 Å². The second kappa shape index (κ2) is 11.2. The van der Waals surface area contributed by atoms with E-state index in [1.54, 1.807) is 0 Å². The van der Waals surface area contributed by atoms with Crippen molar-refractivity contribution in [2.45, 2.75) is 57.2 Å². The molecule has 0 fully saturated rings. The Hall–Kier alpha value is -1.83. The number of benzene rings is 2. The Kier molecular flexibility index (Phi) is 8.58. The van der Waals surface area contributed by atoms with Crippen molar-refractivity contribution in [2.24, 2.45) is 0 Å². The summed E-state index contributed by atoms with van der Waals surface area (Å²) in [6.07, 6.45) is 3.26. The molecule has 1 amide bonds. The largest absolute Gasteiger partial charge is 0.390 e. The Bertz CT molecular complexity index is 889. The molecule has 3 N–H and O–H groups in total. The lowest BCUT2D eigenvalue weighted by atomic mass is 9.86. The summed E-state index contributed by atoms with van der Waals surface area (Å²) in [6.45, 7) is 2.38. The molecule has 7 heteroatoms. The Labute approximate surface area is 190 Å². The van der Waals surface area contributed by atoms with E-state index in [0.29, 0.717) is 5.56 Å². The van der Waals surface area contributed by atoms with E-state index in [0.717, 1.165) is 31.7 Å². The number of carbonyl (C=O) groups is 1. The highest BCUT2D eigenvalue weighted by atomic mass is 79.9. The van der Waals surface area contributed by atoms with E-state index in [4.69, 9.17) is 0 Å².